The number of nitrogens with two attached hydrogens (primary N) is 1. The molecule has 1 atom stereocenters. The fraction of sp³-hybridized carbons (Fsp3) is 0.667. The summed E-state index contributed by atoms with van der Waals surface area (Å²) in [6.07, 6.45) is 5.11. The first-order valence-electron chi connectivity index (χ1n) is 5.92. The summed E-state index contributed by atoms with van der Waals surface area (Å²) in [5, 5.41) is 10.6. The Bertz CT molecular complexity index is 370. The second kappa shape index (κ2) is 5.57. The Kier molecular flexibility index (Phi) is 4.53. The van der Waals surface area contributed by atoms with Crippen LogP contribution in [0.25, 0.3) is 0 Å². The lowest BCUT2D eigenvalue weighted by atomic mass is 9.70. The van der Waals surface area contributed by atoms with Crippen molar-refractivity contribution < 1.29 is 5.11 Å². The van der Waals surface area contributed by atoms with Gasteiger partial charge in [0, 0.05) is 21.3 Å². The molecule has 1 aromatic rings. The number of halogens is 2. The second-order valence-electron chi connectivity index (χ2n) is 4.80. The summed E-state index contributed by atoms with van der Waals surface area (Å²) in [5.74, 6) is 0. The zero-order valence-corrected chi connectivity index (χ0v) is 12.7. The van der Waals surface area contributed by atoms with E-state index in [1.54, 1.807) is 0 Å². The molecule has 0 amide bonds. The highest BCUT2D eigenvalue weighted by Gasteiger charge is 2.39. The molecule has 96 valence electrons. The average Bonchev–Trinajstić information content (AvgIpc) is 2.69. The van der Waals surface area contributed by atoms with Crippen LogP contribution in [-0.2, 0) is 0 Å². The average molecular weight is 339 g/mol. The van der Waals surface area contributed by atoms with Crippen molar-refractivity contribution in [1.82, 2.24) is 0 Å². The molecule has 17 heavy (non-hydrogen) atoms. The van der Waals surface area contributed by atoms with Crippen molar-refractivity contribution in [3.63, 3.8) is 0 Å². The highest BCUT2D eigenvalue weighted by molar-refractivity contribution is 9.10. The molecule has 0 bridgehead atoms. The Balaban J connectivity index is 2.24. The molecule has 2 nitrogen and oxygen atoms in total. The van der Waals surface area contributed by atoms with E-state index >= 15 is 0 Å². The number of hydrogen-bond donors (Lipinski definition) is 2. The van der Waals surface area contributed by atoms with E-state index in [9.17, 15) is 5.11 Å². The van der Waals surface area contributed by atoms with E-state index in [0.717, 1.165) is 35.0 Å². The van der Waals surface area contributed by atoms with E-state index < -0.39 is 6.10 Å². The molecule has 0 saturated heterocycles. The van der Waals surface area contributed by atoms with E-state index in [0.29, 0.717) is 10.9 Å². The van der Waals surface area contributed by atoms with E-state index in [-0.39, 0.29) is 5.41 Å². The van der Waals surface area contributed by atoms with Gasteiger partial charge in [-0.05, 0) is 34.8 Å². The van der Waals surface area contributed by atoms with Gasteiger partial charge in [0.2, 0.25) is 0 Å². The third-order valence-corrected chi connectivity index (χ3v) is 6.30. The SMILES string of the molecule is NCC1(C(O)c2cc(Br)c(Cl)s2)CCCCC1. The van der Waals surface area contributed by atoms with Crippen molar-refractivity contribution in [1.29, 1.82) is 0 Å². The summed E-state index contributed by atoms with van der Waals surface area (Å²) in [7, 11) is 0. The zero-order valence-electron chi connectivity index (χ0n) is 9.59. The minimum Gasteiger partial charge on any atom is -0.387 e. The van der Waals surface area contributed by atoms with E-state index in [1.165, 1.54) is 17.8 Å². The van der Waals surface area contributed by atoms with Gasteiger partial charge in [0.15, 0.2) is 0 Å². The summed E-state index contributed by atoms with van der Waals surface area (Å²) < 4.78 is 1.56. The van der Waals surface area contributed by atoms with Crippen LogP contribution in [-0.4, -0.2) is 11.7 Å². The molecule has 1 heterocycles. The number of hydrogen-bond acceptors (Lipinski definition) is 3. The third kappa shape index (κ3) is 2.71. The normalized spacial score (nSPS) is 21.4. The van der Waals surface area contributed by atoms with Gasteiger partial charge >= 0.3 is 0 Å². The fourth-order valence-electron chi connectivity index (χ4n) is 2.64. The lowest BCUT2D eigenvalue weighted by molar-refractivity contribution is 0.00310. The smallest absolute Gasteiger partial charge is 0.107 e. The van der Waals surface area contributed by atoms with Gasteiger partial charge in [0.25, 0.3) is 0 Å². The van der Waals surface area contributed by atoms with Crippen LogP contribution in [0.4, 0.5) is 0 Å². The summed E-state index contributed by atoms with van der Waals surface area (Å²) in [4.78, 5) is 0.925. The molecule has 0 aliphatic heterocycles. The van der Waals surface area contributed by atoms with Crippen LogP contribution in [0.2, 0.25) is 4.34 Å². The van der Waals surface area contributed by atoms with Crippen LogP contribution >= 0.6 is 38.9 Å². The van der Waals surface area contributed by atoms with Gasteiger partial charge in [0.1, 0.15) is 4.34 Å². The molecule has 3 N–H and O–H groups in total. The van der Waals surface area contributed by atoms with Crippen LogP contribution in [0, 0.1) is 5.41 Å². The predicted octanol–water partition coefficient (Wildman–Crippen LogP) is 4.11. The van der Waals surface area contributed by atoms with Gasteiger partial charge in [0.05, 0.1) is 6.10 Å². The molecule has 1 aromatic heterocycles. The van der Waals surface area contributed by atoms with Crippen molar-refractivity contribution in [2.75, 3.05) is 6.54 Å². The minimum absolute atomic E-state index is 0.147. The number of thiophene rings is 1. The molecule has 0 spiro atoms. The Morgan fingerprint density at radius 2 is 2.12 bits per heavy atom. The lowest BCUT2D eigenvalue weighted by Gasteiger charge is -2.39. The van der Waals surface area contributed by atoms with Gasteiger partial charge in [-0.3, -0.25) is 0 Å². The maximum atomic E-state index is 10.6. The molecule has 5 heteroatoms. The van der Waals surface area contributed by atoms with Crippen molar-refractivity contribution >= 4 is 38.9 Å². The van der Waals surface area contributed by atoms with Crippen molar-refractivity contribution in [2.24, 2.45) is 11.1 Å². The number of rotatable bonds is 3. The first kappa shape index (κ1) is 13.8. The summed E-state index contributed by atoms with van der Waals surface area (Å²) in [6.45, 7) is 0.543. The second-order valence-corrected chi connectivity index (χ2v) is 7.34. The van der Waals surface area contributed by atoms with E-state index in [1.807, 2.05) is 6.07 Å². The molecule has 0 radical (unpaired) electrons. The van der Waals surface area contributed by atoms with Crippen LogP contribution in [0.3, 0.4) is 0 Å². The molecule has 1 saturated carbocycles. The minimum atomic E-state index is -0.485. The van der Waals surface area contributed by atoms with Crippen molar-refractivity contribution in [2.45, 2.75) is 38.2 Å². The molecule has 1 aliphatic rings. The van der Waals surface area contributed by atoms with Gasteiger partial charge in [-0.15, -0.1) is 11.3 Å². The number of aliphatic hydroxyl groups excluding tert-OH is 1. The Labute approximate surface area is 119 Å². The maximum absolute atomic E-state index is 10.6. The van der Waals surface area contributed by atoms with Gasteiger partial charge < -0.3 is 10.8 Å². The monoisotopic (exact) mass is 337 g/mol. The van der Waals surface area contributed by atoms with Crippen LogP contribution in [0.5, 0.6) is 0 Å². The topological polar surface area (TPSA) is 46.2 Å². The van der Waals surface area contributed by atoms with Crippen molar-refractivity contribution in [3.05, 3.63) is 19.8 Å². The summed E-state index contributed by atoms with van der Waals surface area (Å²) in [6, 6.07) is 1.92. The van der Waals surface area contributed by atoms with Gasteiger partial charge in [-0.25, -0.2) is 0 Å². The third-order valence-electron chi connectivity index (χ3n) is 3.77. The Morgan fingerprint density at radius 1 is 1.47 bits per heavy atom. The largest absolute Gasteiger partial charge is 0.387 e. The summed E-state index contributed by atoms with van der Waals surface area (Å²) in [5.41, 5.74) is 5.77. The fourth-order valence-corrected chi connectivity index (χ4v) is 4.51. The molecular formula is C12H17BrClNOS. The van der Waals surface area contributed by atoms with Crippen molar-refractivity contribution in [3.8, 4) is 0 Å². The molecular weight excluding hydrogens is 322 g/mol. The first-order valence-corrected chi connectivity index (χ1v) is 7.91. The quantitative estimate of drug-likeness (QED) is 0.871. The number of aliphatic hydroxyl groups is 1. The standard InChI is InChI=1S/C12H17BrClNOS/c13-8-6-9(17-11(8)14)10(16)12(7-15)4-2-1-3-5-12/h6,10,16H,1-5,7,15H2. The molecule has 0 aromatic carbocycles. The lowest BCUT2D eigenvalue weighted by Crippen LogP contribution is -2.38. The Morgan fingerprint density at radius 3 is 2.59 bits per heavy atom. The van der Waals surface area contributed by atoms with E-state index in [2.05, 4.69) is 15.9 Å². The molecule has 1 fully saturated rings. The van der Waals surface area contributed by atoms with Gasteiger partial charge in [-0.1, -0.05) is 30.9 Å². The molecule has 2 rings (SSSR count). The Hall–Kier alpha value is 0.390. The van der Waals surface area contributed by atoms with Crippen LogP contribution in [0.1, 0.15) is 43.1 Å². The van der Waals surface area contributed by atoms with Crippen LogP contribution < -0.4 is 5.73 Å². The van der Waals surface area contributed by atoms with Gasteiger partial charge in [-0.2, -0.15) is 0 Å². The highest BCUT2D eigenvalue weighted by atomic mass is 79.9. The summed E-state index contributed by atoms with van der Waals surface area (Å²) >= 11 is 10.9. The zero-order chi connectivity index (χ0) is 12.5. The van der Waals surface area contributed by atoms with E-state index in [4.69, 9.17) is 17.3 Å². The first-order chi connectivity index (χ1) is 8.09. The van der Waals surface area contributed by atoms with Crippen LogP contribution in [0.15, 0.2) is 10.5 Å². The predicted molar refractivity (Wildman–Crippen MR) is 76.6 cm³/mol. The maximum Gasteiger partial charge on any atom is 0.107 e. The highest BCUT2D eigenvalue weighted by Crippen LogP contribution is 2.48. The molecule has 1 unspecified atom stereocenters. The molecule has 1 aliphatic carbocycles.